The van der Waals surface area contributed by atoms with E-state index in [1.165, 1.54) is 12.1 Å². The fourth-order valence-corrected chi connectivity index (χ4v) is 7.76. The SMILES string of the molecule is [2H]c1cc2c(oc3cc(-c4c([2H])c([2H])c([2H])c5c4oc4c([2H])c([2H])c([2H])c([2H])c45)c([2H])c(-c4nc(-c5ccc(-c6ccccc6)c(-c6cccc7ccccc67)c5)nc(-c5c([2H])c([2H])c([2H])c([2H])c5[2H])n4)c32)c([2H])c1[2H]. The van der Waals surface area contributed by atoms with Crippen molar-refractivity contribution in [3.63, 3.8) is 0 Å². The van der Waals surface area contributed by atoms with E-state index >= 15 is 0 Å². The Bertz CT molecular complexity index is 4530. The van der Waals surface area contributed by atoms with Crippen LogP contribution < -0.4 is 0 Å². The Hall–Kier alpha value is -8.15. The molecule has 5 nitrogen and oxygen atoms in total. The molecule has 280 valence electrons. The molecule has 5 heteroatoms. The number of hydrogen-bond acceptors (Lipinski definition) is 5. The summed E-state index contributed by atoms with van der Waals surface area (Å²) in [4.78, 5) is 14.6. The van der Waals surface area contributed by atoms with Crippen LogP contribution in [0.15, 0.2) is 209 Å². The van der Waals surface area contributed by atoms with Crippen LogP contribution in [0.2, 0.25) is 0 Å². The van der Waals surface area contributed by atoms with Crippen LogP contribution in [-0.2, 0) is 0 Å². The summed E-state index contributed by atoms with van der Waals surface area (Å²) in [5.41, 5.74) is 1.53. The van der Waals surface area contributed by atoms with E-state index in [2.05, 4.69) is 0 Å². The number of para-hydroxylation sites is 3. The minimum absolute atomic E-state index is 0.0287. The second-order valence-electron chi connectivity index (χ2n) is 13.9. The van der Waals surface area contributed by atoms with Crippen LogP contribution in [0.25, 0.3) is 122 Å². The molecule has 0 aliphatic heterocycles. The zero-order chi connectivity index (χ0) is 53.5. The van der Waals surface area contributed by atoms with Crippen molar-refractivity contribution in [2.45, 2.75) is 0 Å². The Balaban J connectivity index is 1.23. The Morgan fingerprint density at radius 2 is 1.10 bits per heavy atom. The highest BCUT2D eigenvalue weighted by atomic mass is 16.3. The summed E-state index contributed by atoms with van der Waals surface area (Å²) in [5, 5.41) is 1.53. The molecule has 9 aromatic carbocycles. The van der Waals surface area contributed by atoms with Crippen molar-refractivity contribution in [1.29, 1.82) is 0 Å². The molecular formula is C55H33N3O2. The maximum atomic E-state index is 10.2. The van der Waals surface area contributed by atoms with Crippen LogP contribution in [0.1, 0.15) is 21.9 Å². The Kier molecular flexibility index (Phi) is 4.94. The van der Waals surface area contributed by atoms with Crippen molar-refractivity contribution in [3.05, 3.63) is 200 Å². The number of aromatic nitrogens is 3. The molecule has 0 aliphatic rings. The van der Waals surface area contributed by atoms with E-state index in [1.54, 1.807) is 6.07 Å². The van der Waals surface area contributed by atoms with Gasteiger partial charge in [0.1, 0.15) is 22.3 Å². The number of nitrogens with zero attached hydrogens (tertiary/aromatic N) is 3. The molecule has 0 fully saturated rings. The first kappa shape index (κ1) is 21.6. The topological polar surface area (TPSA) is 65.0 Å². The van der Waals surface area contributed by atoms with Gasteiger partial charge in [-0.3, -0.25) is 0 Å². The van der Waals surface area contributed by atoms with Crippen LogP contribution in [-0.4, -0.2) is 15.0 Å². The fourth-order valence-electron chi connectivity index (χ4n) is 7.76. The van der Waals surface area contributed by atoms with Crippen molar-refractivity contribution >= 4 is 54.6 Å². The number of fused-ring (bicyclic) bond motifs is 7. The third-order valence-corrected chi connectivity index (χ3v) is 10.5. The zero-order valence-corrected chi connectivity index (χ0v) is 31.0. The van der Waals surface area contributed by atoms with Gasteiger partial charge in [0.2, 0.25) is 0 Å². The van der Waals surface area contributed by atoms with Gasteiger partial charge in [0.15, 0.2) is 17.5 Å². The molecule has 0 aliphatic carbocycles. The first-order valence-electron chi connectivity index (χ1n) is 26.8. The Morgan fingerprint density at radius 3 is 2.00 bits per heavy atom. The van der Waals surface area contributed by atoms with E-state index in [4.69, 9.17) is 43.0 Å². The Labute approximate surface area is 367 Å². The van der Waals surface area contributed by atoms with Gasteiger partial charge < -0.3 is 8.83 Å². The molecule has 0 saturated carbocycles. The van der Waals surface area contributed by atoms with E-state index in [-0.39, 0.29) is 78.3 Å². The van der Waals surface area contributed by atoms with Gasteiger partial charge in [-0.05, 0) is 68.8 Å². The van der Waals surface area contributed by atoms with Crippen molar-refractivity contribution in [1.82, 2.24) is 15.0 Å². The average molecular weight is 784 g/mol. The van der Waals surface area contributed by atoms with E-state index in [1.807, 2.05) is 84.9 Å². The van der Waals surface area contributed by atoms with Crippen LogP contribution in [0.4, 0.5) is 0 Å². The molecular weight excluding hydrogens is 735 g/mol. The lowest BCUT2D eigenvalue weighted by Gasteiger charge is -2.15. The summed E-state index contributed by atoms with van der Waals surface area (Å²) >= 11 is 0. The van der Waals surface area contributed by atoms with Gasteiger partial charge in [-0.1, -0.05) is 170 Å². The van der Waals surface area contributed by atoms with Gasteiger partial charge in [-0.15, -0.1) is 0 Å². The first-order valence-corrected chi connectivity index (χ1v) is 18.8. The molecule has 0 amide bonds. The summed E-state index contributed by atoms with van der Waals surface area (Å²) in [6, 6.07) is 22.0. The highest BCUT2D eigenvalue weighted by Crippen LogP contribution is 2.44. The molecule has 12 rings (SSSR count). The molecule has 0 spiro atoms. The maximum Gasteiger partial charge on any atom is 0.164 e. The van der Waals surface area contributed by atoms with E-state index in [9.17, 15) is 2.74 Å². The van der Waals surface area contributed by atoms with Crippen LogP contribution in [0, 0.1) is 0 Å². The molecule has 0 bridgehead atoms. The zero-order valence-electron chi connectivity index (χ0n) is 47.0. The third-order valence-electron chi connectivity index (χ3n) is 10.5. The minimum Gasteiger partial charge on any atom is -0.456 e. The van der Waals surface area contributed by atoms with Crippen molar-refractivity contribution in [3.8, 4) is 67.5 Å². The molecule has 60 heavy (non-hydrogen) atoms. The smallest absolute Gasteiger partial charge is 0.164 e. The molecule has 0 radical (unpaired) electrons. The Morgan fingerprint density at radius 1 is 0.367 bits per heavy atom. The highest BCUT2D eigenvalue weighted by molar-refractivity contribution is 6.15. The lowest BCUT2D eigenvalue weighted by atomic mass is 9.90. The predicted octanol–water partition coefficient (Wildman–Crippen LogP) is 14.8. The molecule has 3 heterocycles. The van der Waals surface area contributed by atoms with Gasteiger partial charge >= 0.3 is 0 Å². The number of hydrogen-bond donors (Lipinski definition) is 0. The quantitative estimate of drug-likeness (QED) is 0.168. The lowest BCUT2D eigenvalue weighted by molar-refractivity contribution is 0.668. The average Bonchev–Trinajstić information content (AvgIpc) is 4.07. The third kappa shape index (κ3) is 5.59. The monoisotopic (exact) mass is 783 g/mol. The second kappa shape index (κ2) is 13.8. The summed E-state index contributed by atoms with van der Waals surface area (Å²) < 4.78 is 154. The van der Waals surface area contributed by atoms with E-state index in [0.29, 0.717) is 5.56 Å². The predicted molar refractivity (Wildman–Crippen MR) is 245 cm³/mol. The van der Waals surface area contributed by atoms with E-state index in [0.717, 1.165) is 33.0 Å². The second-order valence-corrected chi connectivity index (χ2v) is 13.9. The summed E-state index contributed by atoms with van der Waals surface area (Å²) in [5.74, 6) is -0.854. The highest BCUT2D eigenvalue weighted by Gasteiger charge is 2.22. The largest absolute Gasteiger partial charge is 0.456 e. The van der Waals surface area contributed by atoms with Crippen molar-refractivity contribution < 1.29 is 30.8 Å². The van der Waals surface area contributed by atoms with Gasteiger partial charge in [0, 0.05) is 43.8 Å². The maximum absolute atomic E-state index is 10.2. The normalized spacial score (nSPS) is 15.4. The summed E-state index contributed by atoms with van der Waals surface area (Å²) in [6.45, 7) is 0. The number of rotatable bonds is 6. The molecule has 0 saturated heterocycles. The molecule has 3 aromatic heterocycles. The standard InChI is InChI=1S/C55H33N3O2/c1-3-15-34(16-4-1)40-30-29-37(31-46(40)42-25-13-20-35-17-7-8-21-39(35)42)54-56-53(36-18-5-2-6-19-36)57-55(58-54)47-32-38(33-50-51(47)45-23-10-12-28-49(45)59-50)41-24-14-26-44-43-22-9-11-27-48(43)60-52(41)44/h1-33H/i2D,5D,6D,9D,10D,11D,12D,14D,18D,19D,22D,24D,26D,27D,28D,32D. The molecule has 0 N–H and O–H groups in total. The van der Waals surface area contributed by atoms with Crippen LogP contribution in [0.5, 0.6) is 0 Å². The van der Waals surface area contributed by atoms with Gasteiger partial charge in [0.05, 0.1) is 21.9 Å². The number of benzene rings is 9. The van der Waals surface area contributed by atoms with Crippen LogP contribution in [0.3, 0.4) is 0 Å². The number of furan rings is 2. The van der Waals surface area contributed by atoms with Crippen molar-refractivity contribution in [2.24, 2.45) is 0 Å². The lowest BCUT2D eigenvalue weighted by Crippen LogP contribution is -2.01. The first-order chi connectivity index (χ1) is 36.4. The van der Waals surface area contributed by atoms with Gasteiger partial charge in [-0.25, -0.2) is 15.0 Å². The molecule has 0 atom stereocenters. The summed E-state index contributed by atoms with van der Waals surface area (Å²) in [6.07, 6.45) is 0. The summed E-state index contributed by atoms with van der Waals surface area (Å²) in [7, 11) is 0. The molecule has 0 unspecified atom stereocenters. The molecule has 12 aromatic rings. The minimum atomic E-state index is -0.683. The van der Waals surface area contributed by atoms with Crippen LogP contribution >= 0.6 is 0 Å². The van der Waals surface area contributed by atoms with Gasteiger partial charge in [0.25, 0.3) is 0 Å². The van der Waals surface area contributed by atoms with E-state index < -0.39 is 102 Å². The van der Waals surface area contributed by atoms with Gasteiger partial charge in [-0.2, -0.15) is 0 Å². The fraction of sp³-hybridized carbons (Fsp3) is 0. The van der Waals surface area contributed by atoms with Crippen molar-refractivity contribution in [2.75, 3.05) is 0 Å².